The second-order valence-corrected chi connectivity index (χ2v) is 5.21. The average Bonchev–Trinajstić information content (AvgIpc) is 3.10. The lowest BCUT2D eigenvalue weighted by atomic mass is 10.1. The predicted octanol–water partition coefficient (Wildman–Crippen LogP) is 2.55. The molecule has 0 atom stereocenters. The van der Waals surface area contributed by atoms with E-state index in [0.29, 0.717) is 6.54 Å². The number of hydrogen-bond acceptors (Lipinski definition) is 3. The Balaban J connectivity index is 1.75. The van der Waals surface area contributed by atoms with Gasteiger partial charge >= 0.3 is 0 Å². The van der Waals surface area contributed by atoms with Crippen LogP contribution in [0.1, 0.15) is 5.56 Å². The molecule has 0 radical (unpaired) electrons. The molecule has 0 saturated carbocycles. The number of para-hydroxylation sites is 1. The number of benzene rings is 2. The molecule has 0 aliphatic heterocycles. The zero-order chi connectivity index (χ0) is 15.9. The van der Waals surface area contributed by atoms with Crippen molar-refractivity contribution in [3.8, 4) is 0 Å². The van der Waals surface area contributed by atoms with Crippen LogP contribution in [-0.2, 0) is 17.8 Å². The van der Waals surface area contributed by atoms with Crippen LogP contribution in [0.25, 0.3) is 0 Å². The number of hydrogen-bond donors (Lipinski definition) is 0. The van der Waals surface area contributed by atoms with E-state index in [1.165, 1.54) is 11.9 Å². The molecular formula is C18H18N4O. The van der Waals surface area contributed by atoms with Crippen molar-refractivity contribution in [3.63, 3.8) is 0 Å². The third-order valence-electron chi connectivity index (χ3n) is 3.60. The number of carbonyl (C=O) groups excluding carboxylic acids is 1. The molecule has 2 aromatic carbocycles. The molecular weight excluding hydrogens is 288 g/mol. The summed E-state index contributed by atoms with van der Waals surface area (Å²) in [6, 6.07) is 19.9. The second-order valence-electron chi connectivity index (χ2n) is 5.21. The quantitative estimate of drug-likeness (QED) is 0.703. The zero-order valence-electron chi connectivity index (χ0n) is 12.7. The minimum absolute atomic E-state index is 0.00219. The van der Waals surface area contributed by atoms with Gasteiger partial charge in [0.15, 0.2) is 0 Å². The number of anilines is 1. The average molecular weight is 306 g/mol. The number of aromatic nitrogens is 3. The van der Waals surface area contributed by atoms with Crippen LogP contribution < -0.4 is 4.90 Å². The fraction of sp³-hybridized carbons (Fsp3) is 0.167. The first-order valence-corrected chi connectivity index (χ1v) is 7.55. The van der Waals surface area contributed by atoms with E-state index in [9.17, 15) is 4.79 Å². The molecule has 3 rings (SSSR count). The Hall–Kier alpha value is -2.95. The van der Waals surface area contributed by atoms with E-state index in [4.69, 9.17) is 0 Å². The van der Waals surface area contributed by atoms with Crippen LogP contribution in [0.2, 0.25) is 0 Å². The minimum atomic E-state index is -0.00219. The van der Waals surface area contributed by atoms with Gasteiger partial charge in [-0.2, -0.15) is 5.10 Å². The Morgan fingerprint density at radius 1 is 1.00 bits per heavy atom. The van der Waals surface area contributed by atoms with E-state index in [0.717, 1.165) is 12.1 Å². The smallest absolute Gasteiger partial charge is 0.248 e. The van der Waals surface area contributed by atoms with Crippen molar-refractivity contribution in [2.45, 2.75) is 13.0 Å². The second kappa shape index (κ2) is 7.35. The fourth-order valence-corrected chi connectivity index (χ4v) is 2.43. The van der Waals surface area contributed by atoms with Gasteiger partial charge in [-0.15, -0.1) is 0 Å². The molecule has 0 aliphatic rings. The molecule has 1 amide bonds. The van der Waals surface area contributed by atoms with Crippen LogP contribution in [0, 0.1) is 0 Å². The Labute approximate surface area is 135 Å². The van der Waals surface area contributed by atoms with Crippen molar-refractivity contribution in [2.75, 3.05) is 11.4 Å². The normalized spacial score (nSPS) is 10.4. The lowest BCUT2D eigenvalue weighted by Gasteiger charge is -2.23. The molecule has 3 aromatic rings. The van der Waals surface area contributed by atoms with Crippen LogP contribution in [0.5, 0.6) is 0 Å². The van der Waals surface area contributed by atoms with Crippen LogP contribution in [0.15, 0.2) is 73.3 Å². The van der Waals surface area contributed by atoms with Gasteiger partial charge < -0.3 is 4.90 Å². The molecule has 1 heterocycles. The molecule has 5 nitrogen and oxygen atoms in total. The van der Waals surface area contributed by atoms with Crippen molar-refractivity contribution >= 4 is 11.6 Å². The molecule has 0 bridgehead atoms. The highest BCUT2D eigenvalue weighted by Gasteiger charge is 2.16. The molecule has 1 aromatic heterocycles. The molecule has 0 N–H and O–H groups in total. The number of amides is 1. The maximum absolute atomic E-state index is 12.7. The molecule has 116 valence electrons. The Morgan fingerprint density at radius 3 is 2.35 bits per heavy atom. The standard InChI is InChI=1S/C18H18N4O/c23-18(13-21-15-19-14-20-21)22(17-9-5-2-6-10-17)12-11-16-7-3-1-4-8-16/h1-10,14-15H,11-13H2. The molecule has 0 saturated heterocycles. The predicted molar refractivity (Wildman–Crippen MR) is 89.0 cm³/mol. The highest BCUT2D eigenvalue weighted by atomic mass is 16.2. The summed E-state index contributed by atoms with van der Waals surface area (Å²) in [4.78, 5) is 18.4. The van der Waals surface area contributed by atoms with Gasteiger partial charge in [-0.1, -0.05) is 48.5 Å². The Bertz CT molecular complexity index is 726. The molecule has 0 unspecified atom stereocenters. The van der Waals surface area contributed by atoms with Crippen LogP contribution >= 0.6 is 0 Å². The van der Waals surface area contributed by atoms with Crippen molar-refractivity contribution < 1.29 is 4.79 Å². The van der Waals surface area contributed by atoms with E-state index in [2.05, 4.69) is 22.2 Å². The molecule has 0 fully saturated rings. The molecule has 23 heavy (non-hydrogen) atoms. The molecule has 5 heteroatoms. The number of carbonyl (C=O) groups is 1. The summed E-state index contributed by atoms with van der Waals surface area (Å²) < 4.78 is 1.54. The fourth-order valence-electron chi connectivity index (χ4n) is 2.43. The van der Waals surface area contributed by atoms with Gasteiger partial charge in [0.2, 0.25) is 5.91 Å². The summed E-state index contributed by atoms with van der Waals surface area (Å²) >= 11 is 0. The van der Waals surface area contributed by atoms with Gasteiger partial charge in [0, 0.05) is 12.2 Å². The van der Waals surface area contributed by atoms with Crippen molar-refractivity contribution in [2.24, 2.45) is 0 Å². The first-order valence-electron chi connectivity index (χ1n) is 7.55. The van der Waals surface area contributed by atoms with Crippen LogP contribution in [0.4, 0.5) is 5.69 Å². The zero-order valence-corrected chi connectivity index (χ0v) is 12.7. The van der Waals surface area contributed by atoms with Gasteiger partial charge in [0.05, 0.1) is 0 Å². The monoisotopic (exact) mass is 306 g/mol. The summed E-state index contributed by atoms with van der Waals surface area (Å²) in [5, 5.41) is 4.01. The van der Waals surface area contributed by atoms with Gasteiger partial charge in [-0.05, 0) is 24.1 Å². The number of rotatable bonds is 6. The van der Waals surface area contributed by atoms with E-state index in [1.54, 1.807) is 15.9 Å². The summed E-state index contributed by atoms with van der Waals surface area (Å²) in [5.74, 6) is -0.00219. The highest BCUT2D eigenvalue weighted by Crippen LogP contribution is 2.15. The molecule has 0 aliphatic carbocycles. The Kier molecular flexibility index (Phi) is 4.79. The van der Waals surface area contributed by atoms with Crippen LogP contribution in [0.3, 0.4) is 0 Å². The minimum Gasteiger partial charge on any atom is -0.310 e. The van der Waals surface area contributed by atoms with Gasteiger partial charge in [-0.25, -0.2) is 9.67 Å². The lowest BCUT2D eigenvalue weighted by molar-refractivity contribution is -0.119. The van der Waals surface area contributed by atoms with Crippen LogP contribution in [-0.4, -0.2) is 27.2 Å². The summed E-state index contributed by atoms with van der Waals surface area (Å²) in [6.45, 7) is 0.811. The SMILES string of the molecule is O=C(Cn1cncn1)N(CCc1ccccc1)c1ccccc1. The van der Waals surface area contributed by atoms with E-state index in [1.807, 2.05) is 48.5 Å². The van der Waals surface area contributed by atoms with Gasteiger partial charge in [0.1, 0.15) is 19.2 Å². The highest BCUT2D eigenvalue weighted by molar-refractivity contribution is 5.93. The third-order valence-corrected chi connectivity index (χ3v) is 3.60. The van der Waals surface area contributed by atoms with Gasteiger partial charge in [0.25, 0.3) is 0 Å². The van der Waals surface area contributed by atoms with E-state index in [-0.39, 0.29) is 12.5 Å². The summed E-state index contributed by atoms with van der Waals surface area (Å²) in [7, 11) is 0. The summed E-state index contributed by atoms with van der Waals surface area (Å²) in [5.41, 5.74) is 2.11. The maximum atomic E-state index is 12.7. The maximum Gasteiger partial charge on any atom is 0.248 e. The van der Waals surface area contributed by atoms with E-state index < -0.39 is 0 Å². The third kappa shape index (κ3) is 4.03. The van der Waals surface area contributed by atoms with Gasteiger partial charge in [-0.3, -0.25) is 4.79 Å². The van der Waals surface area contributed by atoms with Crippen molar-refractivity contribution in [1.29, 1.82) is 0 Å². The number of nitrogens with zero attached hydrogens (tertiary/aromatic N) is 4. The first kappa shape index (κ1) is 15.0. The Morgan fingerprint density at radius 2 is 1.70 bits per heavy atom. The van der Waals surface area contributed by atoms with Crippen molar-refractivity contribution in [1.82, 2.24) is 14.8 Å². The topological polar surface area (TPSA) is 51.0 Å². The summed E-state index contributed by atoms with van der Waals surface area (Å²) in [6.07, 6.45) is 3.79. The van der Waals surface area contributed by atoms with E-state index >= 15 is 0 Å². The first-order chi connectivity index (χ1) is 11.3. The van der Waals surface area contributed by atoms with Crippen molar-refractivity contribution in [3.05, 3.63) is 78.9 Å². The largest absolute Gasteiger partial charge is 0.310 e. The lowest BCUT2D eigenvalue weighted by Crippen LogP contribution is -2.35. The molecule has 0 spiro atoms.